The fourth-order valence-corrected chi connectivity index (χ4v) is 1.55. The highest BCUT2D eigenvalue weighted by atomic mass is 19.4. The minimum Gasteiger partial charge on any atom is -0.384 e. The van der Waals surface area contributed by atoms with Crippen LogP contribution in [0, 0.1) is 11.8 Å². The molecule has 1 aromatic carbocycles. The molecule has 0 aliphatic carbocycles. The zero-order valence-corrected chi connectivity index (χ0v) is 11.4. The number of carbonyl (C=O) groups excluding carboxylic acids is 1. The fraction of sp³-hybridized carbons (Fsp3) is 0.357. The minimum atomic E-state index is -4.43. The Morgan fingerprint density at radius 2 is 2.14 bits per heavy atom. The maximum atomic E-state index is 12.0. The molecule has 0 aromatic heterocycles. The number of nitrogens with zero attached hydrogens (tertiary/aromatic N) is 1. The summed E-state index contributed by atoms with van der Waals surface area (Å²) in [5.41, 5.74) is 1.38. The molecule has 0 spiro atoms. The van der Waals surface area contributed by atoms with E-state index in [1.807, 2.05) is 0 Å². The first-order valence-corrected chi connectivity index (χ1v) is 6.06. The van der Waals surface area contributed by atoms with Gasteiger partial charge in [-0.1, -0.05) is 24.0 Å². The number of aliphatic hydroxyl groups is 1. The van der Waals surface area contributed by atoms with Crippen molar-refractivity contribution in [2.75, 3.05) is 20.2 Å². The van der Waals surface area contributed by atoms with Crippen LogP contribution < -0.4 is 5.32 Å². The number of urea groups is 1. The first kappa shape index (κ1) is 16.9. The molecule has 2 amide bonds. The Balaban J connectivity index is 2.62. The lowest BCUT2D eigenvalue weighted by atomic mass is 10.1. The highest BCUT2D eigenvalue weighted by molar-refractivity contribution is 5.73. The Morgan fingerprint density at radius 3 is 2.76 bits per heavy atom. The van der Waals surface area contributed by atoms with Crippen LogP contribution in [0.3, 0.4) is 0 Å². The van der Waals surface area contributed by atoms with Gasteiger partial charge in [-0.2, -0.15) is 13.2 Å². The second-order valence-corrected chi connectivity index (χ2v) is 4.29. The summed E-state index contributed by atoms with van der Waals surface area (Å²) < 4.78 is 36.0. The van der Waals surface area contributed by atoms with Crippen molar-refractivity contribution in [2.24, 2.45) is 0 Å². The van der Waals surface area contributed by atoms with Crippen molar-refractivity contribution in [1.82, 2.24) is 10.2 Å². The molecule has 0 heterocycles. The Hall–Kier alpha value is -2.20. The molecular formula is C14H15F3N2O2. The second-order valence-electron chi connectivity index (χ2n) is 4.29. The van der Waals surface area contributed by atoms with Crippen LogP contribution in [0.2, 0.25) is 0 Å². The molecule has 0 saturated carbocycles. The van der Waals surface area contributed by atoms with Gasteiger partial charge in [0, 0.05) is 19.2 Å². The molecule has 0 aliphatic rings. The van der Waals surface area contributed by atoms with E-state index in [0.29, 0.717) is 5.56 Å². The number of rotatable bonds is 3. The van der Waals surface area contributed by atoms with Crippen LogP contribution in [0.4, 0.5) is 18.0 Å². The lowest BCUT2D eigenvalue weighted by Crippen LogP contribution is -2.41. The molecular weight excluding hydrogens is 285 g/mol. The van der Waals surface area contributed by atoms with Gasteiger partial charge in [-0.05, 0) is 17.7 Å². The molecule has 1 aromatic rings. The Bertz CT molecular complexity index is 547. The van der Waals surface area contributed by atoms with E-state index >= 15 is 0 Å². The number of aliphatic hydroxyl groups excluding tert-OH is 1. The summed E-state index contributed by atoms with van der Waals surface area (Å²) in [6, 6.07) is 6.08. The van der Waals surface area contributed by atoms with Gasteiger partial charge in [-0.25, -0.2) is 4.79 Å². The van der Waals surface area contributed by atoms with Gasteiger partial charge >= 0.3 is 12.2 Å². The molecule has 0 fully saturated rings. The van der Waals surface area contributed by atoms with E-state index in [1.165, 1.54) is 7.05 Å². The summed E-state index contributed by atoms with van der Waals surface area (Å²) in [6.45, 7) is -1.47. The number of benzene rings is 1. The third kappa shape index (κ3) is 6.68. The predicted molar refractivity (Wildman–Crippen MR) is 71.3 cm³/mol. The van der Waals surface area contributed by atoms with Crippen LogP contribution in [0.15, 0.2) is 24.3 Å². The SMILES string of the molecule is CN(Cc1cccc(C#CCO)c1)C(=O)NCC(F)(F)F. The molecule has 0 aliphatic heterocycles. The van der Waals surface area contributed by atoms with Crippen molar-refractivity contribution >= 4 is 6.03 Å². The Labute approximate surface area is 120 Å². The average molecular weight is 300 g/mol. The zero-order valence-electron chi connectivity index (χ0n) is 11.4. The zero-order chi connectivity index (χ0) is 15.9. The predicted octanol–water partition coefficient (Wildman–Crippen LogP) is 1.73. The normalized spacial score (nSPS) is 10.5. The standard InChI is InChI=1S/C14H15F3N2O2/c1-19(13(21)18-10-14(15,16)17)9-12-5-2-4-11(8-12)6-3-7-20/h2,4-5,8,20H,7,9-10H2,1H3,(H,18,21). The van der Waals surface area contributed by atoms with Crippen molar-refractivity contribution in [3.63, 3.8) is 0 Å². The van der Waals surface area contributed by atoms with Gasteiger partial charge in [0.2, 0.25) is 0 Å². The molecule has 114 valence electrons. The van der Waals surface area contributed by atoms with E-state index in [2.05, 4.69) is 11.8 Å². The summed E-state index contributed by atoms with van der Waals surface area (Å²) in [5, 5.41) is 10.4. The van der Waals surface area contributed by atoms with E-state index < -0.39 is 18.8 Å². The number of halogens is 3. The fourth-order valence-electron chi connectivity index (χ4n) is 1.55. The van der Waals surface area contributed by atoms with E-state index in [9.17, 15) is 18.0 Å². The lowest BCUT2D eigenvalue weighted by molar-refractivity contribution is -0.123. The Kier molecular flexibility index (Phi) is 6.06. The quantitative estimate of drug-likeness (QED) is 0.835. The maximum absolute atomic E-state index is 12.0. The van der Waals surface area contributed by atoms with Crippen LogP contribution in [-0.4, -0.2) is 42.4 Å². The monoisotopic (exact) mass is 300 g/mol. The van der Waals surface area contributed by atoms with Crippen molar-refractivity contribution in [3.8, 4) is 11.8 Å². The van der Waals surface area contributed by atoms with Crippen LogP contribution in [0.5, 0.6) is 0 Å². The maximum Gasteiger partial charge on any atom is 0.405 e. The largest absolute Gasteiger partial charge is 0.405 e. The van der Waals surface area contributed by atoms with E-state index in [1.54, 1.807) is 29.6 Å². The molecule has 1 rings (SSSR count). The molecule has 21 heavy (non-hydrogen) atoms. The van der Waals surface area contributed by atoms with Gasteiger partial charge in [0.15, 0.2) is 0 Å². The number of nitrogens with one attached hydrogen (secondary N) is 1. The molecule has 0 saturated heterocycles. The number of hydrogen-bond acceptors (Lipinski definition) is 2. The number of amides is 2. The molecule has 0 bridgehead atoms. The first-order valence-electron chi connectivity index (χ1n) is 6.06. The average Bonchev–Trinajstić information content (AvgIpc) is 2.42. The van der Waals surface area contributed by atoms with Crippen LogP contribution >= 0.6 is 0 Å². The smallest absolute Gasteiger partial charge is 0.384 e. The van der Waals surface area contributed by atoms with Crippen molar-refractivity contribution in [1.29, 1.82) is 0 Å². The van der Waals surface area contributed by atoms with Crippen molar-refractivity contribution < 1.29 is 23.1 Å². The van der Waals surface area contributed by atoms with Crippen molar-refractivity contribution in [3.05, 3.63) is 35.4 Å². The third-order valence-corrected chi connectivity index (χ3v) is 2.45. The van der Waals surface area contributed by atoms with Gasteiger partial charge < -0.3 is 15.3 Å². The van der Waals surface area contributed by atoms with Crippen LogP contribution in [0.1, 0.15) is 11.1 Å². The number of hydrogen-bond donors (Lipinski definition) is 2. The van der Waals surface area contributed by atoms with Gasteiger partial charge in [-0.3, -0.25) is 0 Å². The topological polar surface area (TPSA) is 52.6 Å². The van der Waals surface area contributed by atoms with Crippen LogP contribution in [-0.2, 0) is 6.54 Å². The summed E-state index contributed by atoms with van der Waals surface area (Å²) in [5.74, 6) is 5.21. The number of carbonyl (C=O) groups is 1. The van der Waals surface area contributed by atoms with E-state index in [0.717, 1.165) is 10.5 Å². The van der Waals surface area contributed by atoms with E-state index in [-0.39, 0.29) is 13.2 Å². The minimum absolute atomic E-state index is 0.151. The molecule has 0 unspecified atom stereocenters. The highest BCUT2D eigenvalue weighted by Gasteiger charge is 2.28. The van der Waals surface area contributed by atoms with Gasteiger partial charge in [0.25, 0.3) is 0 Å². The molecule has 4 nitrogen and oxygen atoms in total. The summed E-state index contributed by atoms with van der Waals surface area (Å²) in [7, 11) is 1.40. The van der Waals surface area contributed by atoms with Gasteiger partial charge in [0.05, 0.1) is 0 Å². The summed E-state index contributed by atoms with van der Waals surface area (Å²) in [6.07, 6.45) is -4.43. The summed E-state index contributed by atoms with van der Waals surface area (Å²) >= 11 is 0. The van der Waals surface area contributed by atoms with Crippen LogP contribution in [0.25, 0.3) is 0 Å². The molecule has 0 radical (unpaired) electrons. The lowest BCUT2D eigenvalue weighted by Gasteiger charge is -2.18. The molecule has 2 N–H and O–H groups in total. The van der Waals surface area contributed by atoms with Crippen molar-refractivity contribution in [2.45, 2.75) is 12.7 Å². The second kappa shape index (κ2) is 7.55. The summed E-state index contributed by atoms with van der Waals surface area (Å²) in [4.78, 5) is 12.6. The first-order chi connectivity index (χ1) is 9.81. The third-order valence-electron chi connectivity index (χ3n) is 2.45. The van der Waals surface area contributed by atoms with Gasteiger partial charge in [0.1, 0.15) is 13.2 Å². The molecule has 7 heteroatoms. The number of alkyl halides is 3. The highest BCUT2D eigenvalue weighted by Crippen LogP contribution is 2.12. The van der Waals surface area contributed by atoms with E-state index in [4.69, 9.17) is 5.11 Å². The Morgan fingerprint density at radius 1 is 1.43 bits per heavy atom. The molecule has 0 atom stereocenters. The van der Waals surface area contributed by atoms with Gasteiger partial charge in [-0.15, -0.1) is 0 Å².